The molecule has 0 bridgehead atoms. The zero-order chi connectivity index (χ0) is 10.8. The van der Waals surface area contributed by atoms with Crippen molar-refractivity contribution in [2.24, 2.45) is 0 Å². The highest BCUT2D eigenvalue weighted by Gasteiger charge is 2.05. The van der Waals surface area contributed by atoms with Crippen LogP contribution >= 0.6 is 23.2 Å². The van der Waals surface area contributed by atoms with Gasteiger partial charge in [0.15, 0.2) is 0 Å². The summed E-state index contributed by atoms with van der Waals surface area (Å²) in [5.41, 5.74) is 8.18. The Labute approximate surface area is 98.4 Å². The predicted molar refractivity (Wildman–Crippen MR) is 66.3 cm³/mol. The van der Waals surface area contributed by atoms with Crippen molar-refractivity contribution in [3.63, 3.8) is 0 Å². The average molecular weight is 238 g/mol. The van der Waals surface area contributed by atoms with E-state index in [0.717, 1.165) is 11.1 Å². The van der Waals surface area contributed by atoms with E-state index in [9.17, 15) is 0 Å². The summed E-state index contributed by atoms with van der Waals surface area (Å²) in [5, 5.41) is 1.26. The van der Waals surface area contributed by atoms with Crippen LogP contribution in [0.3, 0.4) is 0 Å². The van der Waals surface area contributed by atoms with Gasteiger partial charge in [0.1, 0.15) is 0 Å². The molecule has 76 valence electrons. The number of rotatable bonds is 1. The van der Waals surface area contributed by atoms with Gasteiger partial charge in [0, 0.05) is 10.6 Å². The summed E-state index contributed by atoms with van der Waals surface area (Å²) in [6.07, 6.45) is 0. The van der Waals surface area contributed by atoms with E-state index in [0.29, 0.717) is 15.7 Å². The first kappa shape index (κ1) is 10.3. The molecule has 2 N–H and O–H groups in total. The summed E-state index contributed by atoms with van der Waals surface area (Å²) < 4.78 is 0. The maximum absolute atomic E-state index is 6.11. The van der Waals surface area contributed by atoms with Gasteiger partial charge in [-0.2, -0.15) is 0 Å². The van der Waals surface area contributed by atoms with Crippen molar-refractivity contribution in [3.8, 4) is 11.1 Å². The van der Waals surface area contributed by atoms with Crippen molar-refractivity contribution in [2.45, 2.75) is 0 Å². The number of nitrogen functional groups attached to an aromatic ring is 1. The fourth-order valence-electron chi connectivity index (χ4n) is 1.43. The van der Waals surface area contributed by atoms with Crippen molar-refractivity contribution < 1.29 is 0 Å². The smallest absolute Gasteiger partial charge is 0.0713 e. The third kappa shape index (κ3) is 2.09. The fourth-order valence-corrected chi connectivity index (χ4v) is 1.85. The molecular weight excluding hydrogens is 229 g/mol. The summed E-state index contributed by atoms with van der Waals surface area (Å²) in [6, 6.07) is 13.1. The summed E-state index contributed by atoms with van der Waals surface area (Å²) >= 11 is 12.0. The lowest BCUT2D eigenvalue weighted by molar-refractivity contribution is 1.61. The van der Waals surface area contributed by atoms with Gasteiger partial charge in [0.25, 0.3) is 0 Å². The van der Waals surface area contributed by atoms with Gasteiger partial charge < -0.3 is 5.73 Å². The van der Waals surface area contributed by atoms with Crippen LogP contribution in [0.15, 0.2) is 42.5 Å². The molecule has 0 amide bonds. The molecule has 15 heavy (non-hydrogen) atoms. The highest BCUT2D eigenvalue weighted by atomic mass is 35.5. The number of nitrogens with two attached hydrogens (primary N) is 1. The number of hydrogen-bond donors (Lipinski definition) is 1. The molecule has 0 radical (unpaired) electrons. The Bertz CT molecular complexity index is 495. The number of anilines is 1. The number of benzene rings is 2. The molecule has 0 saturated heterocycles. The van der Waals surface area contributed by atoms with Crippen LogP contribution in [0.1, 0.15) is 0 Å². The van der Waals surface area contributed by atoms with E-state index in [1.54, 1.807) is 6.07 Å². The van der Waals surface area contributed by atoms with Crippen molar-refractivity contribution in [2.75, 3.05) is 5.73 Å². The van der Waals surface area contributed by atoms with E-state index in [4.69, 9.17) is 28.9 Å². The van der Waals surface area contributed by atoms with Gasteiger partial charge in [-0.3, -0.25) is 0 Å². The van der Waals surface area contributed by atoms with Crippen LogP contribution in [0.4, 0.5) is 5.69 Å². The first-order valence-corrected chi connectivity index (χ1v) is 5.24. The third-order valence-corrected chi connectivity index (χ3v) is 2.82. The zero-order valence-corrected chi connectivity index (χ0v) is 9.39. The predicted octanol–water partition coefficient (Wildman–Crippen LogP) is 4.24. The molecule has 0 atom stereocenters. The molecule has 2 aromatic carbocycles. The van der Waals surface area contributed by atoms with E-state index < -0.39 is 0 Å². The van der Waals surface area contributed by atoms with Gasteiger partial charge in [0.05, 0.1) is 10.7 Å². The normalized spacial score (nSPS) is 10.3. The molecule has 0 aliphatic carbocycles. The standard InChI is InChI=1S/C12H9Cl2N/c13-9-4-1-3-8(7-9)10-5-2-6-11(15)12(10)14/h1-7H,15H2. The third-order valence-electron chi connectivity index (χ3n) is 2.16. The molecule has 0 spiro atoms. The molecule has 0 aromatic heterocycles. The maximum Gasteiger partial charge on any atom is 0.0713 e. The SMILES string of the molecule is Nc1cccc(-c2cccc(Cl)c2)c1Cl. The second kappa shape index (κ2) is 4.13. The largest absolute Gasteiger partial charge is 0.398 e. The molecule has 2 rings (SSSR count). The van der Waals surface area contributed by atoms with Crippen LogP contribution in [0, 0.1) is 0 Å². The van der Waals surface area contributed by atoms with E-state index >= 15 is 0 Å². The Morgan fingerprint density at radius 2 is 1.67 bits per heavy atom. The lowest BCUT2D eigenvalue weighted by Crippen LogP contribution is -1.88. The fraction of sp³-hybridized carbons (Fsp3) is 0. The summed E-state index contributed by atoms with van der Waals surface area (Å²) in [4.78, 5) is 0. The maximum atomic E-state index is 6.11. The minimum atomic E-state index is 0.569. The summed E-state index contributed by atoms with van der Waals surface area (Å²) in [6.45, 7) is 0. The Kier molecular flexibility index (Phi) is 2.85. The van der Waals surface area contributed by atoms with Crippen molar-refractivity contribution in [3.05, 3.63) is 52.5 Å². The minimum absolute atomic E-state index is 0.569. The van der Waals surface area contributed by atoms with Gasteiger partial charge >= 0.3 is 0 Å². The Morgan fingerprint density at radius 3 is 2.40 bits per heavy atom. The first-order chi connectivity index (χ1) is 7.18. The van der Waals surface area contributed by atoms with E-state index in [1.807, 2.05) is 36.4 Å². The molecule has 0 aliphatic heterocycles. The van der Waals surface area contributed by atoms with Crippen LogP contribution < -0.4 is 5.73 Å². The van der Waals surface area contributed by atoms with E-state index in [-0.39, 0.29) is 0 Å². The second-order valence-electron chi connectivity index (χ2n) is 3.22. The Balaban J connectivity index is 2.59. The molecular formula is C12H9Cl2N. The van der Waals surface area contributed by atoms with Crippen LogP contribution in [-0.4, -0.2) is 0 Å². The second-order valence-corrected chi connectivity index (χ2v) is 4.03. The van der Waals surface area contributed by atoms with Crippen LogP contribution in [-0.2, 0) is 0 Å². The van der Waals surface area contributed by atoms with Crippen molar-refractivity contribution in [1.82, 2.24) is 0 Å². The van der Waals surface area contributed by atoms with Gasteiger partial charge in [-0.1, -0.05) is 47.5 Å². The quantitative estimate of drug-likeness (QED) is 0.738. The molecule has 3 heteroatoms. The van der Waals surface area contributed by atoms with Gasteiger partial charge in [0.2, 0.25) is 0 Å². The van der Waals surface area contributed by atoms with Crippen LogP contribution in [0.25, 0.3) is 11.1 Å². The van der Waals surface area contributed by atoms with Gasteiger partial charge in [-0.05, 0) is 23.8 Å². The monoisotopic (exact) mass is 237 g/mol. The summed E-state index contributed by atoms with van der Waals surface area (Å²) in [7, 11) is 0. The van der Waals surface area contributed by atoms with Gasteiger partial charge in [-0.25, -0.2) is 0 Å². The van der Waals surface area contributed by atoms with E-state index in [1.165, 1.54) is 0 Å². The molecule has 0 unspecified atom stereocenters. The van der Waals surface area contributed by atoms with E-state index in [2.05, 4.69) is 0 Å². The topological polar surface area (TPSA) is 26.0 Å². The average Bonchev–Trinajstić information content (AvgIpc) is 2.22. The summed E-state index contributed by atoms with van der Waals surface area (Å²) in [5.74, 6) is 0. The van der Waals surface area contributed by atoms with Crippen molar-refractivity contribution in [1.29, 1.82) is 0 Å². The zero-order valence-electron chi connectivity index (χ0n) is 7.87. The minimum Gasteiger partial charge on any atom is -0.398 e. The van der Waals surface area contributed by atoms with Crippen molar-refractivity contribution >= 4 is 28.9 Å². The number of halogens is 2. The molecule has 0 saturated carbocycles. The molecule has 0 heterocycles. The Hall–Kier alpha value is -1.18. The Morgan fingerprint density at radius 1 is 0.933 bits per heavy atom. The molecule has 1 nitrogen and oxygen atoms in total. The highest BCUT2D eigenvalue weighted by molar-refractivity contribution is 6.36. The molecule has 2 aromatic rings. The molecule has 0 fully saturated rings. The lowest BCUT2D eigenvalue weighted by Gasteiger charge is -2.06. The first-order valence-electron chi connectivity index (χ1n) is 4.48. The van der Waals surface area contributed by atoms with Gasteiger partial charge in [-0.15, -0.1) is 0 Å². The van der Waals surface area contributed by atoms with Crippen LogP contribution in [0.5, 0.6) is 0 Å². The lowest BCUT2D eigenvalue weighted by atomic mass is 10.1. The highest BCUT2D eigenvalue weighted by Crippen LogP contribution is 2.32. The van der Waals surface area contributed by atoms with Crippen LogP contribution in [0.2, 0.25) is 10.0 Å². The molecule has 0 aliphatic rings. The number of hydrogen-bond acceptors (Lipinski definition) is 1.